The van der Waals surface area contributed by atoms with Gasteiger partial charge in [0.2, 0.25) is 0 Å². The molecule has 1 saturated heterocycles. The molecule has 0 radical (unpaired) electrons. The van der Waals surface area contributed by atoms with E-state index in [1.165, 1.54) is 7.11 Å². The molecule has 7 nitrogen and oxygen atoms in total. The summed E-state index contributed by atoms with van der Waals surface area (Å²) in [6.45, 7) is 0.00604. The molecule has 1 heterocycles. The van der Waals surface area contributed by atoms with Crippen LogP contribution in [0, 0.1) is 0 Å². The van der Waals surface area contributed by atoms with Crippen LogP contribution in [0.5, 0.6) is 5.75 Å². The highest BCUT2D eigenvalue weighted by atomic mass is 79.9. The van der Waals surface area contributed by atoms with Gasteiger partial charge in [-0.25, -0.2) is 9.59 Å². The zero-order chi connectivity index (χ0) is 20.1. The number of ether oxygens (including phenoxy) is 2. The number of methoxy groups -OCH3 is 1. The molecule has 2 aromatic carbocycles. The van der Waals surface area contributed by atoms with Crippen molar-refractivity contribution < 1.29 is 23.9 Å². The largest absolute Gasteiger partial charge is 0.482 e. The quantitative estimate of drug-likeness (QED) is 0.420. The molecule has 0 saturated carbocycles. The molecule has 2 aromatic rings. The number of benzene rings is 2. The minimum Gasteiger partial charge on any atom is -0.482 e. The van der Waals surface area contributed by atoms with Gasteiger partial charge >= 0.3 is 12.0 Å². The molecule has 0 aromatic heterocycles. The van der Waals surface area contributed by atoms with E-state index in [1.54, 1.807) is 30.3 Å². The van der Waals surface area contributed by atoms with E-state index in [2.05, 4.69) is 26.0 Å². The predicted octanol–water partition coefficient (Wildman–Crippen LogP) is 3.09. The smallest absolute Gasteiger partial charge is 0.343 e. The fourth-order valence-electron chi connectivity index (χ4n) is 2.52. The van der Waals surface area contributed by atoms with Crippen molar-refractivity contribution in [1.29, 1.82) is 0 Å². The Kier molecular flexibility index (Phi) is 6.10. The molecule has 144 valence electrons. The number of nitrogens with one attached hydrogen (secondary N) is 1. The third-order valence-electron chi connectivity index (χ3n) is 3.99. The molecule has 1 aliphatic heterocycles. The Labute approximate surface area is 170 Å². The number of carbonyl (C=O) groups is 3. The number of amides is 3. The minimum atomic E-state index is -0.476. The molecule has 3 rings (SSSR count). The number of imide groups is 1. The molecule has 0 unspecified atom stereocenters. The summed E-state index contributed by atoms with van der Waals surface area (Å²) < 4.78 is 10.7. The zero-order valence-electron chi connectivity index (χ0n) is 15.0. The van der Waals surface area contributed by atoms with Crippen molar-refractivity contribution in [3.63, 3.8) is 0 Å². The summed E-state index contributed by atoms with van der Waals surface area (Å²) in [5.41, 5.74) is 1.75. The van der Waals surface area contributed by atoms with Gasteiger partial charge in [-0.15, -0.1) is 0 Å². The van der Waals surface area contributed by atoms with Crippen LogP contribution in [-0.4, -0.2) is 36.5 Å². The Morgan fingerprint density at radius 2 is 1.79 bits per heavy atom. The van der Waals surface area contributed by atoms with Crippen LogP contribution in [0.3, 0.4) is 0 Å². The highest BCUT2D eigenvalue weighted by molar-refractivity contribution is 9.10. The van der Waals surface area contributed by atoms with Gasteiger partial charge in [-0.3, -0.25) is 9.69 Å². The fraction of sp³-hybridized carbons (Fsp3) is 0.150. The highest BCUT2D eigenvalue weighted by Gasteiger charge is 2.33. The van der Waals surface area contributed by atoms with Crippen LogP contribution < -0.4 is 10.1 Å². The number of carbonyl (C=O) groups excluding carboxylic acids is 3. The molecule has 0 atom stereocenters. The van der Waals surface area contributed by atoms with Gasteiger partial charge in [0.25, 0.3) is 5.91 Å². The van der Waals surface area contributed by atoms with Crippen LogP contribution in [0.25, 0.3) is 6.08 Å². The van der Waals surface area contributed by atoms with Gasteiger partial charge in [0, 0.05) is 4.47 Å². The van der Waals surface area contributed by atoms with Gasteiger partial charge in [0.15, 0.2) is 6.61 Å². The van der Waals surface area contributed by atoms with E-state index in [-0.39, 0.29) is 24.8 Å². The van der Waals surface area contributed by atoms with E-state index in [0.717, 1.165) is 14.9 Å². The standard InChI is InChI=1S/C20H17BrN2O5/c1-27-18(24)12-28-16-8-4-13(5-9-16)10-17-19(25)23(20(26)22-17)11-14-2-6-15(21)7-3-14/h2-10H,11-12H2,1H3,(H,22,26)/b17-10+. The van der Waals surface area contributed by atoms with E-state index >= 15 is 0 Å². The van der Waals surface area contributed by atoms with Gasteiger partial charge in [0.1, 0.15) is 11.4 Å². The minimum absolute atomic E-state index is 0.184. The molecule has 28 heavy (non-hydrogen) atoms. The summed E-state index contributed by atoms with van der Waals surface area (Å²) in [6, 6.07) is 13.7. The van der Waals surface area contributed by atoms with Gasteiger partial charge in [-0.1, -0.05) is 40.2 Å². The SMILES string of the molecule is COC(=O)COc1ccc(/C=C2/NC(=O)N(Cc3ccc(Br)cc3)C2=O)cc1. The monoisotopic (exact) mass is 444 g/mol. The summed E-state index contributed by atoms with van der Waals surface area (Å²) in [4.78, 5) is 37.0. The Hall–Kier alpha value is -3.13. The third kappa shape index (κ3) is 4.77. The summed E-state index contributed by atoms with van der Waals surface area (Å²) in [6.07, 6.45) is 1.59. The average molecular weight is 445 g/mol. The summed E-state index contributed by atoms with van der Waals surface area (Å²) in [5.74, 6) is -0.374. The lowest BCUT2D eigenvalue weighted by atomic mass is 10.1. The lowest BCUT2D eigenvalue weighted by molar-refractivity contribution is -0.142. The van der Waals surface area contributed by atoms with E-state index in [4.69, 9.17) is 4.74 Å². The molecule has 0 aliphatic carbocycles. The maximum atomic E-state index is 12.6. The molecular weight excluding hydrogens is 428 g/mol. The lowest BCUT2D eigenvalue weighted by Crippen LogP contribution is -2.30. The lowest BCUT2D eigenvalue weighted by Gasteiger charge is -2.11. The first-order chi connectivity index (χ1) is 13.5. The topological polar surface area (TPSA) is 84.9 Å². The number of halogens is 1. The van der Waals surface area contributed by atoms with Crippen molar-refractivity contribution in [2.45, 2.75) is 6.54 Å². The van der Waals surface area contributed by atoms with Crippen LogP contribution in [0.1, 0.15) is 11.1 Å². The Morgan fingerprint density at radius 3 is 2.43 bits per heavy atom. The van der Waals surface area contributed by atoms with Gasteiger partial charge in [-0.05, 0) is 41.5 Å². The predicted molar refractivity (Wildman–Crippen MR) is 105 cm³/mol. The Balaban J connectivity index is 1.67. The summed E-state index contributed by atoms with van der Waals surface area (Å²) in [5, 5.41) is 2.59. The third-order valence-corrected chi connectivity index (χ3v) is 4.52. The first-order valence-electron chi connectivity index (χ1n) is 8.35. The molecule has 0 bridgehead atoms. The van der Waals surface area contributed by atoms with E-state index in [9.17, 15) is 14.4 Å². The number of urea groups is 1. The fourth-order valence-corrected chi connectivity index (χ4v) is 2.78. The van der Waals surface area contributed by atoms with Crippen molar-refractivity contribution in [3.8, 4) is 5.75 Å². The second-order valence-corrected chi connectivity index (χ2v) is 6.86. The van der Waals surface area contributed by atoms with Gasteiger partial charge < -0.3 is 14.8 Å². The maximum absolute atomic E-state index is 12.6. The summed E-state index contributed by atoms with van der Waals surface area (Å²) in [7, 11) is 1.29. The molecular formula is C20H17BrN2O5. The molecule has 1 fully saturated rings. The first-order valence-corrected chi connectivity index (χ1v) is 9.14. The molecule has 1 N–H and O–H groups in total. The second-order valence-electron chi connectivity index (χ2n) is 5.94. The normalized spacial score (nSPS) is 14.9. The molecule has 8 heteroatoms. The summed E-state index contributed by atoms with van der Waals surface area (Å²) >= 11 is 3.35. The second kappa shape index (κ2) is 8.71. The Bertz CT molecular complexity index is 923. The molecule has 0 spiro atoms. The van der Waals surface area contributed by atoms with E-state index in [0.29, 0.717) is 11.3 Å². The van der Waals surface area contributed by atoms with Crippen molar-refractivity contribution in [1.82, 2.24) is 10.2 Å². The maximum Gasteiger partial charge on any atom is 0.343 e. The van der Waals surface area contributed by atoms with Gasteiger partial charge in [-0.2, -0.15) is 0 Å². The first kappa shape index (κ1) is 19.6. The van der Waals surface area contributed by atoms with E-state index < -0.39 is 12.0 Å². The number of esters is 1. The Morgan fingerprint density at radius 1 is 1.11 bits per heavy atom. The van der Waals surface area contributed by atoms with Crippen LogP contribution in [0.2, 0.25) is 0 Å². The van der Waals surface area contributed by atoms with Crippen molar-refractivity contribution in [3.05, 3.63) is 69.8 Å². The highest BCUT2D eigenvalue weighted by Crippen LogP contribution is 2.19. The number of rotatable bonds is 6. The van der Waals surface area contributed by atoms with Crippen LogP contribution >= 0.6 is 15.9 Å². The number of nitrogens with zero attached hydrogens (tertiary/aromatic N) is 1. The molecule has 1 aliphatic rings. The van der Waals surface area contributed by atoms with Crippen LogP contribution in [-0.2, 0) is 20.9 Å². The number of hydrogen-bond acceptors (Lipinski definition) is 5. The van der Waals surface area contributed by atoms with Gasteiger partial charge in [0.05, 0.1) is 13.7 Å². The van der Waals surface area contributed by atoms with E-state index in [1.807, 2.05) is 24.3 Å². The van der Waals surface area contributed by atoms with Crippen molar-refractivity contribution >= 4 is 39.9 Å². The van der Waals surface area contributed by atoms with Crippen LogP contribution in [0.4, 0.5) is 4.79 Å². The van der Waals surface area contributed by atoms with Crippen molar-refractivity contribution in [2.24, 2.45) is 0 Å². The van der Waals surface area contributed by atoms with Crippen LogP contribution in [0.15, 0.2) is 58.7 Å². The number of hydrogen-bond donors (Lipinski definition) is 1. The van der Waals surface area contributed by atoms with Crippen molar-refractivity contribution in [2.75, 3.05) is 13.7 Å². The molecule has 3 amide bonds. The zero-order valence-corrected chi connectivity index (χ0v) is 16.6. The average Bonchev–Trinajstić information content (AvgIpc) is 2.96.